The molecule has 26 heavy (non-hydrogen) atoms. The molecule has 1 aromatic carbocycles. The normalized spacial score (nSPS) is 16.0. The number of aryl methyl sites for hydroxylation is 1. The molecule has 1 aliphatic heterocycles. The largest absolute Gasteiger partial charge is 0.387 e. The summed E-state index contributed by atoms with van der Waals surface area (Å²) in [4.78, 5) is 6.61. The molecule has 2 aromatic heterocycles. The minimum absolute atomic E-state index is 0.521. The van der Waals surface area contributed by atoms with Crippen molar-refractivity contribution in [2.24, 2.45) is 0 Å². The summed E-state index contributed by atoms with van der Waals surface area (Å²) in [5, 5.41) is 12.1. The fourth-order valence-electron chi connectivity index (χ4n) is 4.20. The molecule has 1 unspecified atom stereocenters. The van der Waals surface area contributed by atoms with Gasteiger partial charge in [-0.15, -0.1) is 0 Å². The molecule has 0 aliphatic carbocycles. The van der Waals surface area contributed by atoms with Gasteiger partial charge in [0, 0.05) is 48.5 Å². The number of benzene rings is 1. The van der Waals surface area contributed by atoms with E-state index in [1.807, 2.05) is 12.1 Å². The number of aliphatic hydroxyl groups excluding tert-OH is 1. The van der Waals surface area contributed by atoms with E-state index < -0.39 is 6.10 Å². The lowest BCUT2D eigenvalue weighted by Crippen LogP contribution is -2.31. The first-order valence-corrected chi connectivity index (χ1v) is 9.58. The van der Waals surface area contributed by atoms with Gasteiger partial charge in [0.05, 0.1) is 12.6 Å². The second-order valence-corrected chi connectivity index (χ2v) is 7.38. The van der Waals surface area contributed by atoms with Gasteiger partial charge in [-0.25, -0.2) is 0 Å². The van der Waals surface area contributed by atoms with Gasteiger partial charge in [0.15, 0.2) is 0 Å². The molecule has 1 N–H and O–H groups in total. The Morgan fingerprint density at radius 1 is 1.19 bits per heavy atom. The summed E-state index contributed by atoms with van der Waals surface area (Å²) in [6.45, 7) is 8.25. The monoisotopic (exact) mass is 349 g/mol. The van der Waals surface area contributed by atoms with Gasteiger partial charge in [-0.3, -0.25) is 9.88 Å². The van der Waals surface area contributed by atoms with Gasteiger partial charge < -0.3 is 9.67 Å². The molecular weight excluding hydrogens is 322 g/mol. The van der Waals surface area contributed by atoms with Crippen LogP contribution in [-0.2, 0) is 19.5 Å². The van der Waals surface area contributed by atoms with Gasteiger partial charge in [0.25, 0.3) is 0 Å². The minimum atomic E-state index is -0.521. The fourth-order valence-corrected chi connectivity index (χ4v) is 4.20. The number of hydrogen-bond acceptors (Lipinski definition) is 3. The van der Waals surface area contributed by atoms with Crippen LogP contribution >= 0.6 is 0 Å². The summed E-state index contributed by atoms with van der Waals surface area (Å²) in [5.74, 6) is 0. The van der Waals surface area contributed by atoms with Crippen molar-refractivity contribution in [1.29, 1.82) is 0 Å². The number of pyridine rings is 1. The van der Waals surface area contributed by atoms with E-state index in [1.165, 1.54) is 34.1 Å². The summed E-state index contributed by atoms with van der Waals surface area (Å²) < 4.78 is 2.35. The van der Waals surface area contributed by atoms with Crippen LogP contribution in [0, 0.1) is 6.92 Å². The average molecular weight is 349 g/mol. The molecule has 0 saturated carbocycles. The Morgan fingerprint density at radius 2 is 2.00 bits per heavy atom. The summed E-state index contributed by atoms with van der Waals surface area (Å²) in [7, 11) is 0. The number of rotatable bonds is 5. The standard InChI is InChI=1S/C22H27N3O/c1-3-11-24-12-8-21-19(14-24)18-13-16(2)4-5-20(18)25(21)15-22(26)17-6-9-23-10-7-17/h4-7,9-10,13,22,26H,3,8,11-12,14-15H2,1-2H3. The van der Waals surface area contributed by atoms with Crippen LogP contribution < -0.4 is 0 Å². The Labute approximate surface area is 155 Å². The maximum atomic E-state index is 10.8. The van der Waals surface area contributed by atoms with E-state index in [1.54, 1.807) is 12.4 Å². The van der Waals surface area contributed by atoms with E-state index >= 15 is 0 Å². The molecular formula is C22H27N3O. The molecule has 0 radical (unpaired) electrons. The highest BCUT2D eigenvalue weighted by atomic mass is 16.3. The summed E-state index contributed by atoms with van der Waals surface area (Å²) >= 11 is 0. The molecule has 0 bridgehead atoms. The number of fused-ring (bicyclic) bond motifs is 3. The van der Waals surface area contributed by atoms with Crippen molar-refractivity contribution in [3.05, 3.63) is 65.1 Å². The van der Waals surface area contributed by atoms with Gasteiger partial charge >= 0.3 is 0 Å². The van der Waals surface area contributed by atoms with Crippen molar-refractivity contribution in [2.75, 3.05) is 13.1 Å². The lowest BCUT2D eigenvalue weighted by molar-refractivity contribution is 0.155. The predicted molar refractivity (Wildman–Crippen MR) is 105 cm³/mol. The summed E-state index contributed by atoms with van der Waals surface area (Å²) in [6.07, 6.45) is 5.20. The Bertz CT molecular complexity index is 901. The highest BCUT2D eigenvalue weighted by Gasteiger charge is 2.24. The Balaban J connectivity index is 1.75. The number of nitrogens with zero attached hydrogens (tertiary/aromatic N) is 3. The molecule has 4 nitrogen and oxygen atoms in total. The van der Waals surface area contributed by atoms with Crippen molar-refractivity contribution in [3.8, 4) is 0 Å². The zero-order valence-electron chi connectivity index (χ0n) is 15.7. The first kappa shape index (κ1) is 17.3. The number of aromatic nitrogens is 2. The summed E-state index contributed by atoms with van der Waals surface area (Å²) in [5.41, 5.74) is 6.30. The molecule has 1 atom stereocenters. The molecule has 0 saturated heterocycles. The van der Waals surface area contributed by atoms with Gasteiger partial charge in [0.1, 0.15) is 0 Å². The second-order valence-electron chi connectivity index (χ2n) is 7.38. The topological polar surface area (TPSA) is 41.3 Å². The van der Waals surface area contributed by atoms with Crippen LogP contribution in [0.25, 0.3) is 10.9 Å². The highest BCUT2D eigenvalue weighted by molar-refractivity contribution is 5.86. The fraction of sp³-hybridized carbons (Fsp3) is 0.409. The van der Waals surface area contributed by atoms with Crippen LogP contribution in [0.3, 0.4) is 0 Å². The van der Waals surface area contributed by atoms with Gasteiger partial charge in [0.2, 0.25) is 0 Å². The van der Waals surface area contributed by atoms with Crippen LogP contribution in [0.5, 0.6) is 0 Å². The molecule has 3 heterocycles. The zero-order valence-corrected chi connectivity index (χ0v) is 15.7. The number of aliphatic hydroxyl groups is 1. The van der Waals surface area contributed by atoms with Crippen molar-refractivity contribution < 1.29 is 5.11 Å². The predicted octanol–water partition coefficient (Wildman–Crippen LogP) is 3.85. The Hall–Kier alpha value is -2.17. The second kappa shape index (κ2) is 7.22. The third-order valence-corrected chi connectivity index (χ3v) is 5.47. The van der Waals surface area contributed by atoms with Crippen LogP contribution in [-0.4, -0.2) is 32.6 Å². The maximum Gasteiger partial charge on any atom is 0.0970 e. The van der Waals surface area contributed by atoms with E-state index in [4.69, 9.17) is 0 Å². The third kappa shape index (κ3) is 3.15. The number of hydrogen-bond donors (Lipinski definition) is 1. The average Bonchev–Trinajstić information content (AvgIpc) is 2.95. The quantitative estimate of drug-likeness (QED) is 0.761. The lowest BCUT2D eigenvalue weighted by Gasteiger charge is -2.28. The van der Waals surface area contributed by atoms with E-state index in [2.05, 4.69) is 46.5 Å². The Morgan fingerprint density at radius 3 is 2.77 bits per heavy atom. The van der Waals surface area contributed by atoms with Crippen molar-refractivity contribution in [1.82, 2.24) is 14.5 Å². The SMILES string of the molecule is CCCN1CCc2c(c3cc(C)ccc3n2CC(O)c2ccncc2)C1. The highest BCUT2D eigenvalue weighted by Crippen LogP contribution is 2.33. The molecule has 4 rings (SSSR count). The Kier molecular flexibility index (Phi) is 4.79. The van der Waals surface area contributed by atoms with Gasteiger partial charge in [-0.05, 0) is 55.3 Å². The third-order valence-electron chi connectivity index (χ3n) is 5.47. The van der Waals surface area contributed by atoms with E-state index in [0.717, 1.165) is 31.6 Å². The summed E-state index contributed by atoms with van der Waals surface area (Å²) in [6, 6.07) is 10.5. The van der Waals surface area contributed by atoms with E-state index in [-0.39, 0.29) is 0 Å². The van der Waals surface area contributed by atoms with Crippen LogP contribution in [0.4, 0.5) is 0 Å². The molecule has 0 fully saturated rings. The molecule has 136 valence electrons. The van der Waals surface area contributed by atoms with Gasteiger partial charge in [-0.2, -0.15) is 0 Å². The zero-order chi connectivity index (χ0) is 18.1. The lowest BCUT2D eigenvalue weighted by atomic mass is 10.0. The molecule has 0 amide bonds. The van der Waals surface area contributed by atoms with E-state index in [0.29, 0.717) is 6.54 Å². The van der Waals surface area contributed by atoms with Crippen LogP contribution in [0.1, 0.15) is 41.8 Å². The van der Waals surface area contributed by atoms with E-state index in [9.17, 15) is 5.11 Å². The van der Waals surface area contributed by atoms with Crippen LogP contribution in [0.2, 0.25) is 0 Å². The molecule has 0 spiro atoms. The first-order chi connectivity index (χ1) is 12.7. The molecule has 1 aliphatic rings. The van der Waals surface area contributed by atoms with Gasteiger partial charge in [-0.1, -0.05) is 18.6 Å². The molecule has 4 heteroatoms. The van der Waals surface area contributed by atoms with Crippen molar-refractivity contribution in [3.63, 3.8) is 0 Å². The molecule has 3 aromatic rings. The van der Waals surface area contributed by atoms with Crippen molar-refractivity contribution in [2.45, 2.75) is 45.9 Å². The van der Waals surface area contributed by atoms with Crippen LogP contribution in [0.15, 0.2) is 42.7 Å². The minimum Gasteiger partial charge on any atom is -0.387 e. The maximum absolute atomic E-state index is 10.8. The smallest absolute Gasteiger partial charge is 0.0970 e. The first-order valence-electron chi connectivity index (χ1n) is 9.58. The van der Waals surface area contributed by atoms with Crippen molar-refractivity contribution >= 4 is 10.9 Å².